The Morgan fingerprint density at radius 3 is 2.55 bits per heavy atom. The molecule has 1 aromatic rings. The zero-order chi connectivity index (χ0) is 16.5. The summed E-state index contributed by atoms with van der Waals surface area (Å²) in [6, 6.07) is 7.15. The molecule has 0 amide bonds. The fourth-order valence-electron chi connectivity index (χ4n) is 2.64. The zero-order valence-electron chi connectivity index (χ0n) is 13.6. The number of benzene rings is 1. The Morgan fingerprint density at radius 1 is 1.27 bits per heavy atom. The lowest BCUT2D eigenvalue weighted by atomic mass is 9.91. The van der Waals surface area contributed by atoms with Gasteiger partial charge >= 0.3 is 0 Å². The van der Waals surface area contributed by atoms with Crippen LogP contribution in [0.4, 0.5) is 0 Å². The molecular weight excluding hydrogens is 276 g/mol. The Morgan fingerprint density at radius 2 is 2.00 bits per heavy atom. The van der Waals surface area contributed by atoms with E-state index in [0.29, 0.717) is 6.42 Å². The highest BCUT2D eigenvalue weighted by Gasteiger charge is 2.20. The van der Waals surface area contributed by atoms with Crippen LogP contribution in [-0.4, -0.2) is 27.5 Å². The van der Waals surface area contributed by atoms with Gasteiger partial charge in [0.25, 0.3) is 0 Å². The maximum atomic E-state index is 10.2. The molecule has 0 bridgehead atoms. The van der Waals surface area contributed by atoms with Gasteiger partial charge in [0.1, 0.15) is 5.75 Å². The van der Waals surface area contributed by atoms with E-state index in [1.807, 2.05) is 12.1 Å². The van der Waals surface area contributed by atoms with Crippen LogP contribution >= 0.6 is 0 Å². The zero-order valence-corrected chi connectivity index (χ0v) is 13.6. The van der Waals surface area contributed by atoms with Crippen molar-refractivity contribution in [3.8, 4) is 5.75 Å². The number of hydrogen-bond donors (Lipinski definition) is 3. The second kappa shape index (κ2) is 9.44. The number of phenolic OH excluding ortho intramolecular Hbond substituents is 1. The molecule has 0 radical (unpaired) electrons. The van der Waals surface area contributed by atoms with E-state index < -0.39 is 12.2 Å². The first-order valence-corrected chi connectivity index (χ1v) is 7.95. The average Bonchev–Trinajstić information content (AvgIpc) is 2.45. The van der Waals surface area contributed by atoms with Crippen molar-refractivity contribution in [1.82, 2.24) is 0 Å². The molecule has 1 aromatic carbocycles. The summed E-state index contributed by atoms with van der Waals surface area (Å²) in [5, 5.41) is 29.4. The third kappa shape index (κ3) is 6.04. The lowest BCUT2D eigenvalue weighted by Crippen LogP contribution is -2.28. The van der Waals surface area contributed by atoms with Gasteiger partial charge < -0.3 is 15.3 Å². The minimum absolute atomic E-state index is 0.255. The summed E-state index contributed by atoms with van der Waals surface area (Å²) in [7, 11) is 0. The lowest BCUT2D eigenvalue weighted by molar-refractivity contribution is 0.0421. The van der Waals surface area contributed by atoms with Gasteiger partial charge in [-0.2, -0.15) is 0 Å². The van der Waals surface area contributed by atoms with Gasteiger partial charge in [0.2, 0.25) is 0 Å². The third-order valence-corrected chi connectivity index (χ3v) is 3.85. The number of aromatic hydroxyl groups is 1. The summed E-state index contributed by atoms with van der Waals surface area (Å²) < 4.78 is 0. The maximum absolute atomic E-state index is 10.2. The first kappa shape index (κ1) is 18.5. The number of aliphatic hydroxyl groups is 2. The standard InChI is InChI=1S/C19H28O3/c1-4-7-15(12-16-8-6-9-17(21)13-16)10-11-19(22)18(5-2)14(3)20/h5-6,8-9,12-14,18-22H,2,4,7,10-11H2,1,3H3/b15-12+/t14-,18+,19-/m1/s1. The van der Waals surface area contributed by atoms with Gasteiger partial charge in [-0.25, -0.2) is 0 Å². The molecule has 3 atom stereocenters. The number of aliphatic hydroxyl groups excluding tert-OH is 2. The van der Waals surface area contributed by atoms with Crippen molar-refractivity contribution >= 4 is 6.08 Å². The maximum Gasteiger partial charge on any atom is 0.116 e. The molecule has 3 nitrogen and oxygen atoms in total. The SMILES string of the molecule is C=C[C@H]([C@H](O)CC/C(=C/c1cccc(O)c1)CCC)[C@@H](C)O. The predicted molar refractivity (Wildman–Crippen MR) is 91.6 cm³/mol. The van der Waals surface area contributed by atoms with Crippen LogP contribution in [0.25, 0.3) is 6.08 Å². The van der Waals surface area contributed by atoms with Crippen LogP contribution in [0.3, 0.4) is 0 Å². The van der Waals surface area contributed by atoms with Crippen LogP contribution < -0.4 is 0 Å². The van der Waals surface area contributed by atoms with Gasteiger partial charge in [-0.15, -0.1) is 6.58 Å². The monoisotopic (exact) mass is 304 g/mol. The van der Waals surface area contributed by atoms with Crippen molar-refractivity contribution in [1.29, 1.82) is 0 Å². The highest BCUT2D eigenvalue weighted by atomic mass is 16.3. The van der Waals surface area contributed by atoms with Gasteiger partial charge in [-0.1, -0.05) is 43.2 Å². The van der Waals surface area contributed by atoms with Gasteiger partial charge in [0, 0.05) is 5.92 Å². The molecule has 3 heteroatoms. The Balaban J connectivity index is 2.74. The molecule has 0 saturated carbocycles. The van der Waals surface area contributed by atoms with Crippen molar-refractivity contribution < 1.29 is 15.3 Å². The van der Waals surface area contributed by atoms with E-state index in [1.165, 1.54) is 5.57 Å². The van der Waals surface area contributed by atoms with Crippen molar-refractivity contribution in [3.63, 3.8) is 0 Å². The van der Waals surface area contributed by atoms with E-state index in [-0.39, 0.29) is 11.7 Å². The van der Waals surface area contributed by atoms with Gasteiger partial charge in [0.05, 0.1) is 12.2 Å². The summed E-state index contributed by atoms with van der Waals surface area (Å²) in [6.45, 7) is 7.47. The summed E-state index contributed by atoms with van der Waals surface area (Å²) >= 11 is 0. The first-order valence-electron chi connectivity index (χ1n) is 7.95. The van der Waals surface area contributed by atoms with E-state index >= 15 is 0 Å². The molecule has 3 N–H and O–H groups in total. The highest BCUT2D eigenvalue weighted by Crippen LogP contribution is 2.23. The molecule has 0 saturated heterocycles. The normalized spacial score (nSPS) is 16.1. The van der Waals surface area contributed by atoms with Crippen LogP contribution in [0.1, 0.15) is 45.1 Å². The average molecular weight is 304 g/mol. The molecule has 122 valence electrons. The van der Waals surface area contributed by atoms with Crippen molar-refractivity contribution in [3.05, 3.63) is 48.1 Å². The molecule has 0 spiro atoms. The third-order valence-electron chi connectivity index (χ3n) is 3.85. The molecule has 22 heavy (non-hydrogen) atoms. The summed E-state index contributed by atoms with van der Waals surface area (Å²) in [5.41, 5.74) is 2.20. The van der Waals surface area contributed by atoms with Gasteiger partial charge in [-0.3, -0.25) is 0 Å². The van der Waals surface area contributed by atoms with E-state index in [4.69, 9.17) is 0 Å². The molecule has 0 fully saturated rings. The fraction of sp³-hybridized carbons (Fsp3) is 0.474. The van der Waals surface area contributed by atoms with E-state index in [0.717, 1.165) is 24.8 Å². The first-order chi connectivity index (χ1) is 10.5. The van der Waals surface area contributed by atoms with Crippen molar-refractivity contribution in [2.75, 3.05) is 0 Å². The number of rotatable bonds is 9. The topological polar surface area (TPSA) is 60.7 Å². The van der Waals surface area contributed by atoms with Crippen LogP contribution in [-0.2, 0) is 0 Å². The van der Waals surface area contributed by atoms with E-state index in [1.54, 1.807) is 25.1 Å². The minimum atomic E-state index is -0.600. The van der Waals surface area contributed by atoms with Crippen LogP contribution in [0.2, 0.25) is 0 Å². The Bertz CT molecular complexity index is 491. The molecule has 0 unspecified atom stereocenters. The van der Waals surface area contributed by atoms with Gasteiger partial charge in [0.15, 0.2) is 0 Å². The smallest absolute Gasteiger partial charge is 0.116 e. The molecule has 0 aromatic heterocycles. The molecule has 0 aliphatic carbocycles. The Kier molecular flexibility index (Phi) is 7.92. The molecular formula is C19H28O3. The van der Waals surface area contributed by atoms with Crippen LogP contribution in [0.5, 0.6) is 5.75 Å². The summed E-state index contributed by atoms with van der Waals surface area (Å²) in [6.07, 6.45) is 5.83. The number of allylic oxidation sites excluding steroid dienone is 1. The minimum Gasteiger partial charge on any atom is -0.508 e. The van der Waals surface area contributed by atoms with Crippen molar-refractivity contribution in [2.45, 2.75) is 51.7 Å². The Labute approximate surface area is 133 Å². The molecule has 0 aliphatic rings. The summed E-state index contributed by atoms with van der Waals surface area (Å²) in [5.74, 6) is -0.0471. The number of hydrogen-bond acceptors (Lipinski definition) is 3. The van der Waals surface area contributed by atoms with E-state index in [2.05, 4.69) is 19.6 Å². The highest BCUT2D eigenvalue weighted by molar-refractivity contribution is 5.54. The molecule has 0 aliphatic heterocycles. The van der Waals surface area contributed by atoms with Gasteiger partial charge in [-0.05, 0) is 43.9 Å². The second-order valence-electron chi connectivity index (χ2n) is 5.81. The molecule has 1 rings (SSSR count). The second-order valence-corrected chi connectivity index (χ2v) is 5.81. The van der Waals surface area contributed by atoms with E-state index in [9.17, 15) is 15.3 Å². The summed E-state index contributed by atoms with van der Waals surface area (Å²) in [4.78, 5) is 0. The van der Waals surface area contributed by atoms with Crippen LogP contribution in [0.15, 0.2) is 42.5 Å². The van der Waals surface area contributed by atoms with Crippen LogP contribution in [0, 0.1) is 5.92 Å². The number of phenols is 1. The van der Waals surface area contributed by atoms with Crippen molar-refractivity contribution in [2.24, 2.45) is 5.92 Å². The predicted octanol–water partition coefficient (Wildman–Crippen LogP) is 3.90. The molecule has 0 heterocycles. The largest absolute Gasteiger partial charge is 0.508 e. The quantitative estimate of drug-likeness (QED) is 0.606. The lowest BCUT2D eigenvalue weighted by Gasteiger charge is -2.22. The Hall–Kier alpha value is -1.58. The fourth-order valence-corrected chi connectivity index (χ4v) is 2.64.